The number of nitrogens with one attached hydrogen (secondary N) is 1. The van der Waals surface area contributed by atoms with Gasteiger partial charge in [-0.25, -0.2) is 8.42 Å². The van der Waals surface area contributed by atoms with E-state index >= 15 is 0 Å². The van der Waals surface area contributed by atoms with Crippen LogP contribution in [0.4, 0.5) is 0 Å². The van der Waals surface area contributed by atoms with E-state index in [0.29, 0.717) is 6.54 Å². The summed E-state index contributed by atoms with van der Waals surface area (Å²) in [6.45, 7) is 2.31. The average Bonchev–Trinajstić information content (AvgIpc) is 2.76. The minimum atomic E-state index is -2.95. The highest BCUT2D eigenvalue weighted by molar-refractivity contribution is 7.92. The van der Waals surface area contributed by atoms with Gasteiger partial charge >= 0.3 is 0 Å². The van der Waals surface area contributed by atoms with Crippen LogP contribution in [0.1, 0.15) is 17.8 Å². The molecule has 1 aliphatic heterocycles. The molecule has 1 aromatic carbocycles. The molecule has 3 rings (SSSR count). The van der Waals surface area contributed by atoms with Gasteiger partial charge in [0.05, 0.1) is 17.0 Å². The van der Waals surface area contributed by atoms with Crippen molar-refractivity contribution in [2.24, 2.45) is 0 Å². The highest BCUT2D eigenvalue weighted by Gasteiger charge is 2.32. The number of rotatable bonds is 1. The molecule has 1 saturated heterocycles. The van der Waals surface area contributed by atoms with E-state index in [0.717, 1.165) is 4.88 Å². The van der Waals surface area contributed by atoms with Crippen molar-refractivity contribution in [1.82, 2.24) is 5.32 Å². The summed E-state index contributed by atoms with van der Waals surface area (Å²) in [5.74, 6) is 0.209. The molecule has 5 heteroatoms. The summed E-state index contributed by atoms with van der Waals surface area (Å²) in [6.07, 6.45) is 0. The Bertz CT molecular complexity index is 642. The molecule has 18 heavy (non-hydrogen) atoms. The van der Waals surface area contributed by atoms with Crippen LogP contribution in [0.15, 0.2) is 30.3 Å². The largest absolute Gasteiger partial charge is 0.307 e. The van der Waals surface area contributed by atoms with Gasteiger partial charge in [-0.1, -0.05) is 18.2 Å². The summed E-state index contributed by atoms with van der Waals surface area (Å²) in [5.41, 5.74) is 0. The van der Waals surface area contributed by atoms with E-state index in [1.165, 1.54) is 10.1 Å². The second kappa shape index (κ2) is 4.33. The molecule has 1 fully saturated rings. The zero-order valence-electron chi connectivity index (χ0n) is 10.1. The van der Waals surface area contributed by atoms with Crippen molar-refractivity contribution in [3.63, 3.8) is 0 Å². The van der Waals surface area contributed by atoms with E-state index in [9.17, 15) is 8.42 Å². The number of benzene rings is 1. The Morgan fingerprint density at radius 1 is 1.33 bits per heavy atom. The van der Waals surface area contributed by atoms with E-state index in [2.05, 4.69) is 23.5 Å². The second-order valence-corrected chi connectivity index (χ2v) is 8.37. The number of hydrogen-bond acceptors (Lipinski definition) is 4. The lowest BCUT2D eigenvalue weighted by Gasteiger charge is -2.27. The maximum absolute atomic E-state index is 11.9. The third-order valence-corrected chi connectivity index (χ3v) is 6.87. The van der Waals surface area contributed by atoms with E-state index in [1.54, 1.807) is 18.3 Å². The molecule has 0 spiro atoms. The van der Waals surface area contributed by atoms with Crippen molar-refractivity contribution in [2.45, 2.75) is 18.2 Å². The Morgan fingerprint density at radius 3 is 2.83 bits per heavy atom. The predicted molar refractivity (Wildman–Crippen MR) is 75.8 cm³/mol. The highest BCUT2D eigenvalue weighted by atomic mass is 32.2. The highest BCUT2D eigenvalue weighted by Crippen LogP contribution is 2.32. The summed E-state index contributed by atoms with van der Waals surface area (Å²) in [5, 5.41) is 4.25. The molecule has 1 N–H and O–H groups in total. The molecule has 3 nitrogen and oxygen atoms in total. The second-order valence-electron chi connectivity index (χ2n) is 4.79. The average molecular weight is 281 g/mol. The van der Waals surface area contributed by atoms with Gasteiger partial charge in [0.25, 0.3) is 0 Å². The lowest BCUT2D eigenvalue weighted by Crippen LogP contribution is -2.44. The van der Waals surface area contributed by atoms with Crippen LogP contribution in [0.5, 0.6) is 0 Å². The van der Waals surface area contributed by atoms with Crippen molar-refractivity contribution in [2.75, 3.05) is 12.3 Å². The molecule has 1 aliphatic rings. The van der Waals surface area contributed by atoms with Crippen LogP contribution in [0, 0.1) is 0 Å². The fourth-order valence-electron chi connectivity index (χ4n) is 2.25. The van der Waals surface area contributed by atoms with Crippen LogP contribution in [0.3, 0.4) is 0 Å². The summed E-state index contributed by atoms with van der Waals surface area (Å²) >= 11 is 1.68. The molecule has 0 radical (unpaired) electrons. The van der Waals surface area contributed by atoms with Gasteiger partial charge in [0.15, 0.2) is 9.84 Å². The first kappa shape index (κ1) is 12.1. The van der Waals surface area contributed by atoms with E-state index < -0.39 is 9.84 Å². The maximum atomic E-state index is 11.9. The molecule has 0 aliphatic carbocycles. The lowest BCUT2D eigenvalue weighted by molar-refractivity contribution is 0.506. The van der Waals surface area contributed by atoms with Crippen LogP contribution in [0.25, 0.3) is 10.1 Å². The van der Waals surface area contributed by atoms with Gasteiger partial charge in [-0.15, -0.1) is 11.3 Å². The van der Waals surface area contributed by atoms with Gasteiger partial charge in [0.1, 0.15) is 0 Å². The molecule has 2 heterocycles. The standard InChI is InChI=1S/C13H15NO2S2/c1-9-7-14-11(8-18(9,15)16)13-6-10-4-2-3-5-12(10)17-13/h2-6,9,11,14H,7-8H2,1H3. The first-order chi connectivity index (χ1) is 8.56. The maximum Gasteiger partial charge on any atom is 0.156 e. The fourth-order valence-corrected chi connectivity index (χ4v) is 4.93. The first-order valence-electron chi connectivity index (χ1n) is 6.00. The molecule has 1 aromatic heterocycles. The molecule has 0 amide bonds. The van der Waals surface area contributed by atoms with E-state index in [4.69, 9.17) is 0 Å². The summed E-state index contributed by atoms with van der Waals surface area (Å²) in [7, 11) is -2.95. The van der Waals surface area contributed by atoms with Crippen LogP contribution < -0.4 is 5.32 Å². The number of fused-ring (bicyclic) bond motifs is 1. The summed E-state index contributed by atoms with van der Waals surface area (Å²) < 4.78 is 25.1. The molecule has 0 bridgehead atoms. The first-order valence-corrected chi connectivity index (χ1v) is 8.53. The summed E-state index contributed by atoms with van der Waals surface area (Å²) in [6, 6.07) is 10.2. The normalized spacial score (nSPS) is 27.4. The Morgan fingerprint density at radius 2 is 2.11 bits per heavy atom. The lowest BCUT2D eigenvalue weighted by atomic mass is 10.2. The van der Waals surface area contributed by atoms with Gasteiger partial charge in [-0.2, -0.15) is 0 Å². The molecule has 0 saturated carbocycles. The Kier molecular flexibility index (Phi) is 2.92. The van der Waals surface area contributed by atoms with Gasteiger partial charge in [-0.05, 0) is 24.4 Å². The van der Waals surface area contributed by atoms with Gasteiger partial charge < -0.3 is 5.32 Å². The van der Waals surface area contributed by atoms with E-state index in [-0.39, 0.29) is 17.0 Å². The van der Waals surface area contributed by atoms with Crippen LogP contribution in [0.2, 0.25) is 0 Å². The van der Waals surface area contributed by atoms with Crippen molar-refractivity contribution < 1.29 is 8.42 Å². The third kappa shape index (κ3) is 2.06. The Labute approximate surface area is 111 Å². The number of sulfone groups is 1. The van der Waals surface area contributed by atoms with Crippen LogP contribution >= 0.6 is 11.3 Å². The summed E-state index contributed by atoms with van der Waals surface area (Å²) in [4.78, 5) is 1.12. The quantitative estimate of drug-likeness (QED) is 0.873. The van der Waals surface area contributed by atoms with Gasteiger partial charge in [0, 0.05) is 16.1 Å². The molecular weight excluding hydrogens is 266 g/mol. The number of thiophene rings is 1. The van der Waals surface area contributed by atoms with Crippen LogP contribution in [-0.4, -0.2) is 26.0 Å². The SMILES string of the molecule is CC1CNC(c2cc3ccccc3s2)CS1(=O)=O. The Hall–Kier alpha value is -0.910. The predicted octanol–water partition coefficient (Wildman–Crippen LogP) is 2.35. The van der Waals surface area contributed by atoms with Crippen LogP contribution in [-0.2, 0) is 9.84 Å². The van der Waals surface area contributed by atoms with Crippen molar-refractivity contribution in [3.05, 3.63) is 35.2 Å². The minimum absolute atomic E-state index is 0.0522. The molecule has 2 unspecified atom stereocenters. The zero-order valence-corrected chi connectivity index (χ0v) is 11.7. The molecular formula is C13H15NO2S2. The van der Waals surface area contributed by atoms with Gasteiger partial charge in [0.2, 0.25) is 0 Å². The van der Waals surface area contributed by atoms with Crippen molar-refractivity contribution in [1.29, 1.82) is 0 Å². The van der Waals surface area contributed by atoms with Gasteiger partial charge in [-0.3, -0.25) is 0 Å². The zero-order chi connectivity index (χ0) is 12.8. The monoisotopic (exact) mass is 281 g/mol. The fraction of sp³-hybridized carbons (Fsp3) is 0.385. The number of hydrogen-bond donors (Lipinski definition) is 1. The Balaban J connectivity index is 1.96. The van der Waals surface area contributed by atoms with Crippen molar-refractivity contribution in [3.8, 4) is 0 Å². The van der Waals surface area contributed by atoms with Crippen molar-refractivity contribution >= 4 is 31.3 Å². The third-order valence-electron chi connectivity index (χ3n) is 3.45. The molecule has 96 valence electrons. The minimum Gasteiger partial charge on any atom is -0.307 e. The topological polar surface area (TPSA) is 46.2 Å². The molecule has 2 atom stereocenters. The molecule has 2 aromatic rings. The smallest absolute Gasteiger partial charge is 0.156 e. The van der Waals surface area contributed by atoms with E-state index in [1.807, 2.05) is 12.1 Å².